The zero-order chi connectivity index (χ0) is 16.0. The number of aliphatic hydroxyl groups is 1. The van der Waals surface area contributed by atoms with Crippen molar-refractivity contribution in [1.82, 2.24) is 5.32 Å². The Morgan fingerprint density at radius 1 is 1.24 bits per heavy atom. The number of carbonyl (C=O) groups excluding carboxylic acids is 1. The van der Waals surface area contributed by atoms with E-state index in [1.165, 1.54) is 0 Å². The molecule has 0 aliphatic heterocycles. The van der Waals surface area contributed by atoms with Crippen LogP contribution < -0.4 is 5.32 Å². The predicted octanol–water partition coefficient (Wildman–Crippen LogP) is 2.09. The van der Waals surface area contributed by atoms with Gasteiger partial charge in [0.1, 0.15) is 5.60 Å². The molecule has 0 saturated carbocycles. The van der Waals surface area contributed by atoms with E-state index in [2.05, 4.69) is 5.32 Å². The van der Waals surface area contributed by atoms with E-state index < -0.39 is 36.2 Å². The summed E-state index contributed by atoms with van der Waals surface area (Å²) in [6.07, 6.45) is -2.44. The number of benzene rings is 1. The highest BCUT2D eigenvalue weighted by Gasteiger charge is 2.27. The molecule has 2 atom stereocenters. The third kappa shape index (κ3) is 6.27. The van der Waals surface area contributed by atoms with Crippen LogP contribution in [0.3, 0.4) is 0 Å². The molecule has 0 saturated heterocycles. The predicted molar refractivity (Wildman–Crippen MR) is 76.8 cm³/mol. The molecule has 0 aliphatic rings. The van der Waals surface area contributed by atoms with Gasteiger partial charge in [-0.05, 0) is 26.3 Å². The van der Waals surface area contributed by atoms with Gasteiger partial charge in [0.05, 0.1) is 18.6 Å². The standard InChI is InChI=1S/C15H21NO5/c1-15(2,3)21-14(20)16-13(11(17)9-12(18)19)10-7-5-4-6-8-10/h4-8,11,13,17H,9H2,1-3H3,(H,16,20)(H,18,19)/t11-,13+/m0/s1. The second kappa shape index (κ2) is 7.08. The Morgan fingerprint density at radius 3 is 2.29 bits per heavy atom. The van der Waals surface area contributed by atoms with Crippen molar-refractivity contribution in [3.63, 3.8) is 0 Å². The number of rotatable bonds is 5. The van der Waals surface area contributed by atoms with Crippen molar-refractivity contribution in [3.8, 4) is 0 Å². The fraction of sp³-hybridized carbons (Fsp3) is 0.467. The van der Waals surface area contributed by atoms with E-state index in [1.807, 2.05) is 0 Å². The highest BCUT2D eigenvalue weighted by molar-refractivity contribution is 5.70. The summed E-state index contributed by atoms with van der Waals surface area (Å²) < 4.78 is 5.14. The van der Waals surface area contributed by atoms with Crippen LogP contribution in [-0.2, 0) is 9.53 Å². The lowest BCUT2D eigenvalue weighted by molar-refractivity contribution is -0.139. The maximum Gasteiger partial charge on any atom is 0.408 e. The van der Waals surface area contributed by atoms with Gasteiger partial charge in [0.25, 0.3) is 0 Å². The maximum atomic E-state index is 11.8. The molecule has 21 heavy (non-hydrogen) atoms. The molecule has 6 nitrogen and oxygen atoms in total. The maximum absolute atomic E-state index is 11.8. The van der Waals surface area contributed by atoms with Gasteiger partial charge < -0.3 is 20.3 Å². The van der Waals surface area contributed by atoms with Crippen molar-refractivity contribution in [2.24, 2.45) is 0 Å². The first-order chi connectivity index (χ1) is 9.69. The molecular formula is C15H21NO5. The summed E-state index contributed by atoms with van der Waals surface area (Å²) in [6, 6.07) is 7.83. The smallest absolute Gasteiger partial charge is 0.408 e. The molecule has 0 heterocycles. The number of carboxylic acid groups (broad SMARTS) is 1. The highest BCUT2D eigenvalue weighted by atomic mass is 16.6. The molecule has 0 radical (unpaired) electrons. The number of carboxylic acids is 1. The lowest BCUT2D eigenvalue weighted by atomic mass is 9.99. The Hall–Kier alpha value is -2.08. The Balaban J connectivity index is 2.87. The van der Waals surface area contributed by atoms with Gasteiger partial charge in [-0.15, -0.1) is 0 Å². The van der Waals surface area contributed by atoms with Crippen molar-refractivity contribution >= 4 is 12.1 Å². The van der Waals surface area contributed by atoms with E-state index in [0.717, 1.165) is 0 Å². The minimum atomic E-state index is -1.25. The van der Waals surface area contributed by atoms with Gasteiger partial charge in [-0.1, -0.05) is 30.3 Å². The van der Waals surface area contributed by atoms with Crippen molar-refractivity contribution in [3.05, 3.63) is 35.9 Å². The SMILES string of the molecule is CC(C)(C)OC(=O)N[C@H](c1ccccc1)[C@@H](O)CC(=O)O. The lowest BCUT2D eigenvalue weighted by Crippen LogP contribution is -2.40. The molecular weight excluding hydrogens is 274 g/mol. The minimum absolute atomic E-state index is 0.477. The highest BCUT2D eigenvalue weighted by Crippen LogP contribution is 2.20. The van der Waals surface area contributed by atoms with Crippen molar-refractivity contribution < 1.29 is 24.5 Å². The van der Waals surface area contributed by atoms with E-state index in [9.17, 15) is 14.7 Å². The normalized spacial score (nSPS) is 14.1. The topological polar surface area (TPSA) is 95.9 Å². The molecule has 3 N–H and O–H groups in total. The van der Waals surface area contributed by atoms with E-state index in [1.54, 1.807) is 51.1 Å². The fourth-order valence-corrected chi connectivity index (χ4v) is 1.79. The van der Waals surface area contributed by atoms with Crippen LogP contribution in [0.2, 0.25) is 0 Å². The Kier molecular flexibility index (Phi) is 5.72. The molecule has 0 aromatic heterocycles. The number of ether oxygens (including phenoxy) is 1. The van der Waals surface area contributed by atoms with Gasteiger partial charge >= 0.3 is 12.1 Å². The van der Waals surface area contributed by atoms with Gasteiger partial charge in [-0.2, -0.15) is 0 Å². The third-order valence-electron chi connectivity index (χ3n) is 2.60. The van der Waals surface area contributed by atoms with Crippen molar-refractivity contribution in [2.45, 2.75) is 44.9 Å². The first-order valence-electron chi connectivity index (χ1n) is 6.63. The van der Waals surface area contributed by atoms with Crippen LogP contribution >= 0.6 is 0 Å². The zero-order valence-corrected chi connectivity index (χ0v) is 12.4. The van der Waals surface area contributed by atoms with Crippen LogP contribution in [0.25, 0.3) is 0 Å². The number of hydrogen-bond donors (Lipinski definition) is 3. The molecule has 0 fully saturated rings. The van der Waals surface area contributed by atoms with Crippen molar-refractivity contribution in [1.29, 1.82) is 0 Å². The number of aliphatic carboxylic acids is 1. The molecule has 1 rings (SSSR count). The number of hydrogen-bond acceptors (Lipinski definition) is 4. The first-order valence-corrected chi connectivity index (χ1v) is 6.63. The Morgan fingerprint density at radius 2 is 1.81 bits per heavy atom. The fourth-order valence-electron chi connectivity index (χ4n) is 1.79. The number of aliphatic hydroxyl groups excluding tert-OH is 1. The zero-order valence-electron chi connectivity index (χ0n) is 12.4. The third-order valence-corrected chi connectivity index (χ3v) is 2.60. The van der Waals surface area contributed by atoms with Crippen LogP contribution in [0.15, 0.2) is 30.3 Å². The van der Waals surface area contributed by atoms with E-state index >= 15 is 0 Å². The quantitative estimate of drug-likeness (QED) is 0.773. The summed E-state index contributed by atoms with van der Waals surface area (Å²) in [5.74, 6) is -1.14. The van der Waals surface area contributed by atoms with E-state index in [0.29, 0.717) is 5.56 Å². The van der Waals surface area contributed by atoms with Crippen LogP contribution in [0.4, 0.5) is 4.79 Å². The average Bonchev–Trinajstić information content (AvgIpc) is 2.34. The first kappa shape index (κ1) is 17.0. The Bertz CT molecular complexity index is 481. The summed E-state index contributed by atoms with van der Waals surface area (Å²) in [7, 11) is 0. The number of carbonyl (C=O) groups is 2. The summed E-state index contributed by atoms with van der Waals surface area (Å²) in [5.41, 5.74) is -0.0691. The monoisotopic (exact) mass is 295 g/mol. The largest absolute Gasteiger partial charge is 0.481 e. The molecule has 116 valence electrons. The summed E-state index contributed by atoms with van der Waals surface area (Å²) in [4.78, 5) is 22.6. The van der Waals surface area contributed by atoms with Gasteiger partial charge in [0.15, 0.2) is 0 Å². The second-order valence-corrected chi connectivity index (χ2v) is 5.70. The number of nitrogens with one attached hydrogen (secondary N) is 1. The van der Waals surface area contributed by atoms with Crippen molar-refractivity contribution in [2.75, 3.05) is 0 Å². The van der Waals surface area contributed by atoms with E-state index in [4.69, 9.17) is 9.84 Å². The molecule has 1 aromatic carbocycles. The lowest BCUT2D eigenvalue weighted by Gasteiger charge is -2.26. The van der Waals surface area contributed by atoms with Crippen LogP contribution in [0.5, 0.6) is 0 Å². The van der Waals surface area contributed by atoms with Gasteiger partial charge in [0, 0.05) is 0 Å². The Labute approximate surface area is 123 Å². The minimum Gasteiger partial charge on any atom is -0.481 e. The van der Waals surface area contributed by atoms with Crippen LogP contribution in [0.1, 0.15) is 38.8 Å². The van der Waals surface area contributed by atoms with Crippen LogP contribution in [0, 0.1) is 0 Å². The van der Waals surface area contributed by atoms with Gasteiger partial charge in [0.2, 0.25) is 0 Å². The summed E-state index contributed by atoms with van der Waals surface area (Å²) in [6.45, 7) is 5.16. The van der Waals surface area contributed by atoms with Gasteiger partial charge in [-0.25, -0.2) is 4.79 Å². The molecule has 0 bridgehead atoms. The molecule has 1 aromatic rings. The summed E-state index contributed by atoms with van der Waals surface area (Å²) >= 11 is 0. The second-order valence-electron chi connectivity index (χ2n) is 5.70. The van der Waals surface area contributed by atoms with Crippen LogP contribution in [-0.4, -0.2) is 34.0 Å². The molecule has 0 spiro atoms. The summed E-state index contributed by atoms with van der Waals surface area (Å²) in [5, 5.41) is 21.3. The number of alkyl carbamates (subject to hydrolysis) is 1. The molecule has 1 amide bonds. The number of amides is 1. The molecule has 0 unspecified atom stereocenters. The van der Waals surface area contributed by atoms with E-state index in [-0.39, 0.29) is 0 Å². The molecule has 0 aliphatic carbocycles. The van der Waals surface area contributed by atoms with Gasteiger partial charge in [-0.3, -0.25) is 4.79 Å². The average molecular weight is 295 g/mol. The molecule has 6 heteroatoms.